The first kappa shape index (κ1) is 7.56. The Labute approximate surface area is 75.7 Å². The molecule has 2 aromatic rings. The van der Waals surface area contributed by atoms with Crippen LogP contribution >= 0.6 is 0 Å². The SMILES string of the molecule is N#Cc1c[nH]cc1-c1ccccn1. The van der Waals surface area contributed by atoms with E-state index in [1.807, 2.05) is 18.2 Å². The molecule has 0 aliphatic rings. The van der Waals surface area contributed by atoms with Crippen molar-refractivity contribution in [3.63, 3.8) is 0 Å². The Balaban J connectivity index is 2.54. The molecule has 3 heteroatoms. The van der Waals surface area contributed by atoms with E-state index >= 15 is 0 Å². The molecule has 0 fully saturated rings. The Morgan fingerprint density at radius 3 is 2.92 bits per heavy atom. The number of pyridine rings is 1. The zero-order valence-electron chi connectivity index (χ0n) is 6.86. The molecule has 0 aromatic carbocycles. The van der Waals surface area contributed by atoms with E-state index in [9.17, 15) is 0 Å². The van der Waals surface area contributed by atoms with Gasteiger partial charge in [-0.15, -0.1) is 0 Å². The topological polar surface area (TPSA) is 52.5 Å². The van der Waals surface area contributed by atoms with Crippen molar-refractivity contribution in [3.05, 3.63) is 42.4 Å². The number of aromatic nitrogens is 2. The minimum absolute atomic E-state index is 0.624. The standard InChI is InChI=1S/C10H7N3/c11-5-8-6-12-7-9(8)10-3-1-2-4-13-10/h1-4,6-7,12H. The van der Waals surface area contributed by atoms with Crippen molar-refractivity contribution in [2.45, 2.75) is 0 Å². The fourth-order valence-corrected chi connectivity index (χ4v) is 1.19. The number of rotatable bonds is 1. The van der Waals surface area contributed by atoms with Crippen molar-refractivity contribution in [1.82, 2.24) is 9.97 Å². The maximum absolute atomic E-state index is 8.77. The van der Waals surface area contributed by atoms with Crippen molar-refractivity contribution in [3.8, 4) is 17.3 Å². The van der Waals surface area contributed by atoms with Gasteiger partial charge in [-0.1, -0.05) is 6.07 Å². The van der Waals surface area contributed by atoms with Crippen LogP contribution in [0.5, 0.6) is 0 Å². The van der Waals surface area contributed by atoms with E-state index in [0.717, 1.165) is 11.3 Å². The first-order chi connectivity index (χ1) is 6.42. The van der Waals surface area contributed by atoms with Gasteiger partial charge in [0.05, 0.1) is 11.3 Å². The first-order valence-corrected chi connectivity index (χ1v) is 3.90. The molecule has 13 heavy (non-hydrogen) atoms. The molecule has 2 heterocycles. The average molecular weight is 169 g/mol. The highest BCUT2D eigenvalue weighted by Gasteiger charge is 2.04. The fraction of sp³-hybridized carbons (Fsp3) is 0. The molecule has 0 atom stereocenters. The zero-order valence-corrected chi connectivity index (χ0v) is 6.86. The molecule has 2 aromatic heterocycles. The summed E-state index contributed by atoms with van der Waals surface area (Å²) in [5, 5.41) is 8.77. The van der Waals surface area contributed by atoms with Gasteiger partial charge in [-0.3, -0.25) is 4.98 Å². The maximum Gasteiger partial charge on any atom is 0.101 e. The van der Waals surface area contributed by atoms with Crippen LogP contribution in [0.1, 0.15) is 5.56 Å². The van der Waals surface area contributed by atoms with Crippen LogP contribution in [0.15, 0.2) is 36.8 Å². The lowest BCUT2D eigenvalue weighted by Crippen LogP contribution is -1.81. The zero-order chi connectivity index (χ0) is 9.10. The summed E-state index contributed by atoms with van der Waals surface area (Å²) in [6.45, 7) is 0. The summed E-state index contributed by atoms with van der Waals surface area (Å²) in [5.74, 6) is 0. The molecule has 62 valence electrons. The summed E-state index contributed by atoms with van der Waals surface area (Å²) in [4.78, 5) is 7.04. The maximum atomic E-state index is 8.77. The molecule has 3 nitrogen and oxygen atoms in total. The second-order valence-electron chi connectivity index (χ2n) is 2.61. The summed E-state index contributed by atoms with van der Waals surface area (Å²) < 4.78 is 0. The third-order valence-corrected chi connectivity index (χ3v) is 1.81. The fourth-order valence-electron chi connectivity index (χ4n) is 1.19. The summed E-state index contributed by atoms with van der Waals surface area (Å²) in [5.41, 5.74) is 2.29. The molecule has 0 radical (unpaired) electrons. The highest BCUT2D eigenvalue weighted by molar-refractivity contribution is 5.66. The Morgan fingerprint density at radius 2 is 2.23 bits per heavy atom. The van der Waals surface area contributed by atoms with Crippen LogP contribution in [-0.2, 0) is 0 Å². The van der Waals surface area contributed by atoms with Crippen molar-refractivity contribution in [2.24, 2.45) is 0 Å². The molecule has 0 saturated carbocycles. The molecule has 0 amide bonds. The van der Waals surface area contributed by atoms with Gasteiger partial charge in [-0.25, -0.2) is 0 Å². The second-order valence-corrected chi connectivity index (χ2v) is 2.61. The van der Waals surface area contributed by atoms with Crippen LogP contribution in [0.3, 0.4) is 0 Å². The summed E-state index contributed by atoms with van der Waals surface area (Å²) in [6, 6.07) is 7.73. The van der Waals surface area contributed by atoms with E-state index in [2.05, 4.69) is 16.0 Å². The van der Waals surface area contributed by atoms with Crippen LogP contribution < -0.4 is 0 Å². The van der Waals surface area contributed by atoms with E-state index in [4.69, 9.17) is 5.26 Å². The Bertz CT molecular complexity index is 437. The third-order valence-electron chi connectivity index (χ3n) is 1.81. The number of aromatic amines is 1. The monoisotopic (exact) mass is 169 g/mol. The van der Waals surface area contributed by atoms with Crippen molar-refractivity contribution in [1.29, 1.82) is 5.26 Å². The predicted octanol–water partition coefficient (Wildman–Crippen LogP) is 1.95. The van der Waals surface area contributed by atoms with Gasteiger partial charge in [0.25, 0.3) is 0 Å². The molecule has 0 spiro atoms. The quantitative estimate of drug-likeness (QED) is 0.709. The summed E-state index contributed by atoms with van der Waals surface area (Å²) in [7, 11) is 0. The summed E-state index contributed by atoms with van der Waals surface area (Å²) in [6.07, 6.45) is 5.16. The van der Waals surface area contributed by atoms with Gasteiger partial charge < -0.3 is 4.98 Å². The normalized spacial score (nSPS) is 9.46. The van der Waals surface area contributed by atoms with Crippen molar-refractivity contribution in [2.75, 3.05) is 0 Å². The number of hydrogen-bond acceptors (Lipinski definition) is 2. The van der Waals surface area contributed by atoms with Crippen molar-refractivity contribution >= 4 is 0 Å². The third kappa shape index (κ3) is 1.30. The molecule has 0 aliphatic heterocycles. The lowest BCUT2D eigenvalue weighted by molar-refractivity contribution is 1.32. The van der Waals surface area contributed by atoms with E-state index in [0.29, 0.717) is 5.56 Å². The van der Waals surface area contributed by atoms with Gasteiger partial charge in [0, 0.05) is 24.2 Å². The predicted molar refractivity (Wildman–Crippen MR) is 48.7 cm³/mol. The first-order valence-electron chi connectivity index (χ1n) is 3.90. The minimum Gasteiger partial charge on any atom is -0.366 e. The molecular weight excluding hydrogens is 162 g/mol. The number of nitrogens with one attached hydrogen (secondary N) is 1. The summed E-state index contributed by atoms with van der Waals surface area (Å²) >= 11 is 0. The molecule has 1 N–H and O–H groups in total. The van der Waals surface area contributed by atoms with E-state index < -0.39 is 0 Å². The Hall–Kier alpha value is -2.08. The molecular formula is C10H7N3. The van der Waals surface area contributed by atoms with Crippen LogP contribution in [-0.4, -0.2) is 9.97 Å². The Morgan fingerprint density at radius 1 is 1.31 bits per heavy atom. The van der Waals surface area contributed by atoms with Gasteiger partial charge >= 0.3 is 0 Å². The van der Waals surface area contributed by atoms with E-state index in [1.54, 1.807) is 18.6 Å². The van der Waals surface area contributed by atoms with Crippen molar-refractivity contribution < 1.29 is 0 Å². The molecule has 2 rings (SSSR count). The number of nitriles is 1. The smallest absolute Gasteiger partial charge is 0.101 e. The van der Waals surface area contributed by atoms with E-state index in [-0.39, 0.29) is 0 Å². The van der Waals surface area contributed by atoms with Gasteiger partial charge in [-0.2, -0.15) is 5.26 Å². The van der Waals surface area contributed by atoms with Gasteiger partial charge in [0.1, 0.15) is 6.07 Å². The number of H-pyrrole nitrogens is 1. The second kappa shape index (κ2) is 3.11. The lowest BCUT2D eigenvalue weighted by Gasteiger charge is -1.95. The van der Waals surface area contributed by atoms with Crippen LogP contribution in [0.25, 0.3) is 11.3 Å². The van der Waals surface area contributed by atoms with Crippen LogP contribution in [0.4, 0.5) is 0 Å². The van der Waals surface area contributed by atoms with Gasteiger partial charge in [0.15, 0.2) is 0 Å². The number of nitrogens with zero attached hydrogens (tertiary/aromatic N) is 2. The average Bonchev–Trinajstić information content (AvgIpc) is 2.67. The Kier molecular flexibility index (Phi) is 1.81. The molecule has 0 aliphatic carbocycles. The molecule has 0 unspecified atom stereocenters. The number of hydrogen-bond donors (Lipinski definition) is 1. The highest BCUT2D eigenvalue weighted by atomic mass is 14.7. The molecule has 0 saturated heterocycles. The minimum atomic E-state index is 0.624. The highest BCUT2D eigenvalue weighted by Crippen LogP contribution is 2.19. The van der Waals surface area contributed by atoms with Crippen LogP contribution in [0.2, 0.25) is 0 Å². The van der Waals surface area contributed by atoms with E-state index in [1.165, 1.54) is 0 Å². The van der Waals surface area contributed by atoms with Gasteiger partial charge in [-0.05, 0) is 12.1 Å². The lowest BCUT2D eigenvalue weighted by atomic mass is 10.1. The largest absolute Gasteiger partial charge is 0.366 e. The van der Waals surface area contributed by atoms with Gasteiger partial charge in [0.2, 0.25) is 0 Å². The molecule has 0 bridgehead atoms. The van der Waals surface area contributed by atoms with Crippen LogP contribution in [0, 0.1) is 11.3 Å².